The molecule has 9 heteroatoms. The van der Waals surface area contributed by atoms with Crippen LogP contribution in [0.1, 0.15) is 59.3 Å². The first-order chi connectivity index (χ1) is 16.1. The average molecular weight is 444 g/mol. The van der Waals surface area contributed by atoms with Crippen LogP contribution in [0.25, 0.3) is 11.2 Å². The zero-order chi connectivity index (χ0) is 22.9. The number of nitrogens with zero attached hydrogens (tertiary/aromatic N) is 3. The monoisotopic (exact) mass is 444 g/mol. The summed E-state index contributed by atoms with van der Waals surface area (Å²) in [7, 11) is 1.56. The van der Waals surface area contributed by atoms with E-state index in [0.29, 0.717) is 34.0 Å². The first kappa shape index (κ1) is 20.9. The van der Waals surface area contributed by atoms with E-state index in [2.05, 4.69) is 31.7 Å². The lowest BCUT2D eigenvalue weighted by atomic mass is 10.1. The van der Waals surface area contributed by atoms with E-state index in [-0.39, 0.29) is 17.7 Å². The van der Waals surface area contributed by atoms with E-state index in [1.807, 2.05) is 0 Å². The minimum Gasteiger partial charge on any atom is -0.497 e. The number of ether oxygens (including phenoxy) is 1. The van der Waals surface area contributed by atoms with Gasteiger partial charge in [-0.25, -0.2) is 9.97 Å². The van der Waals surface area contributed by atoms with Crippen molar-refractivity contribution in [3.63, 3.8) is 0 Å². The zero-order valence-electron chi connectivity index (χ0n) is 18.2. The molecule has 2 heterocycles. The van der Waals surface area contributed by atoms with Gasteiger partial charge in [0.2, 0.25) is 5.91 Å². The van der Waals surface area contributed by atoms with Gasteiger partial charge in [-0.15, -0.1) is 0 Å². The Labute approximate surface area is 190 Å². The number of hydrogen-bond donors (Lipinski definition) is 3. The standard InChI is InChI=1S/C24H24N6O3/c1-33-16-8-6-13(7-9-16)18(10-25)29-24(32)20(15-4-5-15)30-23(31)17-11-26-22-21(17)28-19(12-27-22)14-2-3-14/h6-9,11-12,14-15,18,20H,2-5H2,1H3,(H,26,27)(H,29,32)(H,30,31). The Morgan fingerprint density at radius 2 is 1.94 bits per heavy atom. The van der Waals surface area contributed by atoms with Crippen molar-refractivity contribution in [3.05, 3.63) is 53.5 Å². The van der Waals surface area contributed by atoms with Gasteiger partial charge < -0.3 is 20.4 Å². The molecule has 1 aromatic carbocycles. The van der Waals surface area contributed by atoms with Crippen LogP contribution in [-0.4, -0.2) is 39.9 Å². The maximum absolute atomic E-state index is 13.1. The number of nitriles is 1. The molecule has 3 aromatic rings. The maximum atomic E-state index is 13.1. The van der Waals surface area contributed by atoms with Crippen LogP contribution in [0.3, 0.4) is 0 Å². The van der Waals surface area contributed by atoms with Crippen LogP contribution >= 0.6 is 0 Å². The lowest BCUT2D eigenvalue weighted by molar-refractivity contribution is -0.123. The third-order valence-corrected chi connectivity index (χ3v) is 6.17. The number of amides is 2. The fourth-order valence-corrected chi connectivity index (χ4v) is 3.92. The van der Waals surface area contributed by atoms with Crippen molar-refractivity contribution in [2.45, 2.75) is 43.7 Å². The number of methoxy groups -OCH3 is 1. The minimum absolute atomic E-state index is 0.0440. The van der Waals surface area contributed by atoms with E-state index in [1.54, 1.807) is 43.8 Å². The number of carbonyl (C=O) groups excluding carboxylic acids is 2. The number of nitrogens with one attached hydrogen (secondary N) is 3. The highest BCUT2D eigenvalue weighted by Gasteiger charge is 2.38. The predicted octanol–water partition coefficient (Wildman–Crippen LogP) is 2.73. The van der Waals surface area contributed by atoms with Crippen LogP contribution < -0.4 is 15.4 Å². The van der Waals surface area contributed by atoms with Crippen LogP contribution in [-0.2, 0) is 4.79 Å². The number of fused-ring (bicyclic) bond motifs is 1. The van der Waals surface area contributed by atoms with Crippen LogP contribution in [0.15, 0.2) is 36.7 Å². The summed E-state index contributed by atoms with van der Waals surface area (Å²) in [5, 5.41) is 15.3. The Morgan fingerprint density at radius 1 is 1.18 bits per heavy atom. The summed E-state index contributed by atoms with van der Waals surface area (Å²) in [6.07, 6.45) is 7.19. The molecule has 3 N–H and O–H groups in total. The SMILES string of the molecule is COc1ccc(C(C#N)NC(=O)C(NC(=O)c2c[nH]c3ncc(C4CC4)nc23)C2CC2)cc1. The molecule has 2 unspecified atom stereocenters. The van der Waals surface area contributed by atoms with Crippen molar-refractivity contribution >= 4 is 23.0 Å². The fraction of sp³-hybridized carbons (Fsp3) is 0.375. The molecular weight excluding hydrogens is 420 g/mol. The van der Waals surface area contributed by atoms with E-state index >= 15 is 0 Å². The topological polar surface area (TPSA) is 133 Å². The zero-order valence-corrected chi connectivity index (χ0v) is 18.2. The van der Waals surface area contributed by atoms with Gasteiger partial charge in [0.15, 0.2) is 5.65 Å². The van der Waals surface area contributed by atoms with Gasteiger partial charge in [-0.05, 0) is 49.3 Å². The van der Waals surface area contributed by atoms with E-state index in [0.717, 1.165) is 31.4 Å². The molecule has 2 aliphatic carbocycles. The summed E-state index contributed by atoms with van der Waals surface area (Å²) in [6.45, 7) is 0. The van der Waals surface area contributed by atoms with Gasteiger partial charge in [0.1, 0.15) is 23.3 Å². The molecule has 2 aromatic heterocycles. The third-order valence-electron chi connectivity index (χ3n) is 6.17. The molecule has 5 rings (SSSR count). The lowest BCUT2D eigenvalue weighted by Gasteiger charge is -2.20. The molecule has 2 atom stereocenters. The lowest BCUT2D eigenvalue weighted by Crippen LogP contribution is -2.48. The van der Waals surface area contributed by atoms with Gasteiger partial charge in [-0.3, -0.25) is 9.59 Å². The van der Waals surface area contributed by atoms with E-state index in [4.69, 9.17) is 4.74 Å². The molecule has 2 fully saturated rings. The molecule has 0 radical (unpaired) electrons. The van der Waals surface area contributed by atoms with E-state index < -0.39 is 12.1 Å². The number of rotatable bonds is 8. The van der Waals surface area contributed by atoms with Gasteiger partial charge in [0.05, 0.1) is 30.6 Å². The van der Waals surface area contributed by atoms with Crippen LogP contribution in [0, 0.1) is 17.2 Å². The summed E-state index contributed by atoms with van der Waals surface area (Å²) in [5.41, 5.74) is 2.96. The summed E-state index contributed by atoms with van der Waals surface area (Å²) in [6, 6.07) is 7.51. The molecule has 2 aliphatic rings. The van der Waals surface area contributed by atoms with E-state index in [1.165, 1.54) is 0 Å². The number of hydrogen-bond acceptors (Lipinski definition) is 6. The van der Waals surface area contributed by atoms with E-state index in [9.17, 15) is 14.9 Å². The Balaban J connectivity index is 1.32. The molecule has 168 valence electrons. The normalized spacial score (nSPS) is 17.1. The molecule has 0 saturated heterocycles. The molecule has 2 amide bonds. The second-order valence-electron chi connectivity index (χ2n) is 8.60. The van der Waals surface area contributed by atoms with Gasteiger partial charge in [0.25, 0.3) is 5.91 Å². The number of H-pyrrole nitrogens is 1. The maximum Gasteiger partial charge on any atom is 0.255 e. The van der Waals surface area contributed by atoms with Gasteiger partial charge in [-0.2, -0.15) is 5.26 Å². The van der Waals surface area contributed by atoms with Crippen LogP contribution in [0.2, 0.25) is 0 Å². The summed E-state index contributed by atoms with van der Waals surface area (Å²) in [5.74, 6) is 0.365. The van der Waals surface area contributed by atoms with Crippen molar-refractivity contribution in [3.8, 4) is 11.8 Å². The van der Waals surface area contributed by atoms with Crippen molar-refractivity contribution in [2.24, 2.45) is 5.92 Å². The van der Waals surface area contributed by atoms with Gasteiger partial charge in [0, 0.05) is 12.1 Å². The van der Waals surface area contributed by atoms with Crippen molar-refractivity contribution in [1.82, 2.24) is 25.6 Å². The molecule has 2 saturated carbocycles. The number of benzene rings is 1. The molecule has 33 heavy (non-hydrogen) atoms. The number of aromatic nitrogens is 3. The second-order valence-corrected chi connectivity index (χ2v) is 8.60. The number of carbonyl (C=O) groups is 2. The summed E-state index contributed by atoms with van der Waals surface area (Å²) < 4.78 is 5.15. The highest BCUT2D eigenvalue weighted by molar-refractivity contribution is 6.06. The highest BCUT2D eigenvalue weighted by Crippen LogP contribution is 2.39. The minimum atomic E-state index is -0.832. The Hall–Kier alpha value is -3.93. The largest absolute Gasteiger partial charge is 0.497 e. The van der Waals surface area contributed by atoms with Crippen LogP contribution in [0.4, 0.5) is 0 Å². The van der Waals surface area contributed by atoms with Crippen LogP contribution in [0.5, 0.6) is 5.75 Å². The average Bonchev–Trinajstić information content (AvgIpc) is 3.77. The fourth-order valence-electron chi connectivity index (χ4n) is 3.92. The first-order valence-corrected chi connectivity index (χ1v) is 11.1. The van der Waals surface area contributed by atoms with Gasteiger partial charge in [-0.1, -0.05) is 12.1 Å². The summed E-state index contributed by atoms with van der Waals surface area (Å²) in [4.78, 5) is 38.2. The Kier molecular flexibility index (Phi) is 5.42. The number of aromatic amines is 1. The van der Waals surface area contributed by atoms with Gasteiger partial charge >= 0.3 is 0 Å². The smallest absolute Gasteiger partial charge is 0.255 e. The Bertz CT molecular complexity index is 1240. The molecule has 0 spiro atoms. The van der Waals surface area contributed by atoms with Crippen molar-refractivity contribution in [1.29, 1.82) is 5.26 Å². The quantitative estimate of drug-likeness (QED) is 0.489. The highest BCUT2D eigenvalue weighted by atomic mass is 16.5. The Morgan fingerprint density at radius 3 is 2.58 bits per heavy atom. The third kappa shape index (κ3) is 4.37. The summed E-state index contributed by atoms with van der Waals surface area (Å²) >= 11 is 0. The molecule has 9 nitrogen and oxygen atoms in total. The van der Waals surface area contributed by atoms with Crippen molar-refractivity contribution < 1.29 is 14.3 Å². The molecular formula is C24H24N6O3. The molecule has 0 bridgehead atoms. The van der Waals surface area contributed by atoms with Crippen molar-refractivity contribution in [2.75, 3.05) is 7.11 Å². The molecule has 0 aliphatic heterocycles. The first-order valence-electron chi connectivity index (χ1n) is 11.1. The predicted molar refractivity (Wildman–Crippen MR) is 119 cm³/mol. The second kappa shape index (κ2) is 8.54.